The average molecular weight is 961 g/mol. The van der Waals surface area contributed by atoms with Gasteiger partial charge < -0.3 is 39.9 Å². The highest BCUT2D eigenvalue weighted by Crippen LogP contribution is 2.47. The summed E-state index contributed by atoms with van der Waals surface area (Å²) in [5, 5.41) is 50.2. The molecule has 0 bridgehead atoms. The number of esters is 2. The Labute approximate surface area is 400 Å². The van der Waals surface area contributed by atoms with Crippen LogP contribution in [0.25, 0.3) is 0 Å². The van der Waals surface area contributed by atoms with Crippen molar-refractivity contribution in [3.8, 4) is 0 Å². The third kappa shape index (κ3) is 33.8. The van der Waals surface area contributed by atoms with E-state index in [4.69, 9.17) is 18.5 Å². The molecular weight excluding hydrogens is 864 g/mol. The van der Waals surface area contributed by atoms with E-state index < -0.39 is 75.7 Å². The van der Waals surface area contributed by atoms with Crippen LogP contribution in [0, 0.1) is 0 Å². The van der Waals surface area contributed by atoms with E-state index in [-0.39, 0.29) is 12.8 Å². The number of ether oxygens (including phenoxy) is 2. The van der Waals surface area contributed by atoms with Crippen molar-refractivity contribution in [2.45, 2.75) is 281 Å². The van der Waals surface area contributed by atoms with Crippen LogP contribution >= 0.6 is 7.82 Å². The van der Waals surface area contributed by atoms with Crippen molar-refractivity contribution in [2.24, 2.45) is 0 Å². The quantitative estimate of drug-likeness (QED) is 0.0145. The summed E-state index contributed by atoms with van der Waals surface area (Å²) in [4.78, 5) is 35.8. The highest BCUT2D eigenvalue weighted by molar-refractivity contribution is 7.47. The second-order valence-electron chi connectivity index (χ2n) is 18.7. The van der Waals surface area contributed by atoms with Gasteiger partial charge in [-0.25, -0.2) is 4.57 Å². The molecule has 0 aromatic rings. The van der Waals surface area contributed by atoms with Crippen molar-refractivity contribution in [1.82, 2.24) is 0 Å². The lowest BCUT2D eigenvalue weighted by Crippen LogP contribution is -2.64. The number of carbonyl (C=O) groups excluding carboxylic acids is 2. The van der Waals surface area contributed by atoms with Gasteiger partial charge in [-0.1, -0.05) is 205 Å². The van der Waals surface area contributed by atoms with Gasteiger partial charge in [-0.3, -0.25) is 18.6 Å². The number of aliphatic hydroxyl groups is 5. The van der Waals surface area contributed by atoms with E-state index in [9.17, 15) is 44.6 Å². The zero-order valence-corrected chi connectivity index (χ0v) is 42.4. The van der Waals surface area contributed by atoms with Gasteiger partial charge in [0.25, 0.3) is 0 Å². The number of phosphoric acid groups is 1. The molecule has 388 valence electrons. The van der Waals surface area contributed by atoms with Crippen molar-refractivity contribution in [3.63, 3.8) is 0 Å². The maximum absolute atomic E-state index is 12.8. The standard InChI is InChI=1S/C52H97O13P/c1-3-5-7-9-11-13-15-17-19-20-21-22-23-24-25-26-27-29-30-32-34-36-38-40-45(53)62-42-44(43-63-66(60,61)65-52-50(58)48(56)47(55)49(57)51(52)59)64-46(54)41-39-37-35-33-31-28-18-16-14-12-10-8-6-4-2/h26-27,32,34,44,47-52,55-59H,3-25,28-31,33,35-43H2,1-2H3,(H,60,61)/b27-26+,34-32+/t44-,47?,48-,49?,50?,51?,52?/m0/s1. The largest absolute Gasteiger partial charge is 0.472 e. The fourth-order valence-electron chi connectivity index (χ4n) is 8.25. The van der Waals surface area contributed by atoms with Gasteiger partial charge in [0.2, 0.25) is 0 Å². The highest BCUT2D eigenvalue weighted by atomic mass is 31.2. The summed E-state index contributed by atoms with van der Waals surface area (Å²) in [5.41, 5.74) is 0. The van der Waals surface area contributed by atoms with Gasteiger partial charge in [0.05, 0.1) is 6.61 Å². The van der Waals surface area contributed by atoms with Crippen LogP contribution < -0.4 is 0 Å². The Morgan fingerprint density at radius 1 is 0.455 bits per heavy atom. The lowest BCUT2D eigenvalue weighted by atomic mass is 9.85. The minimum atomic E-state index is -5.13. The van der Waals surface area contributed by atoms with E-state index in [2.05, 4.69) is 32.1 Å². The Morgan fingerprint density at radius 2 is 0.803 bits per heavy atom. The lowest BCUT2D eigenvalue weighted by Gasteiger charge is -2.41. The van der Waals surface area contributed by atoms with Crippen LogP contribution in [0.3, 0.4) is 0 Å². The first-order valence-electron chi connectivity index (χ1n) is 26.6. The monoisotopic (exact) mass is 961 g/mol. The Balaban J connectivity index is 2.37. The van der Waals surface area contributed by atoms with Gasteiger partial charge in [-0.2, -0.15) is 0 Å². The van der Waals surface area contributed by atoms with Crippen LogP contribution in [0.15, 0.2) is 24.3 Å². The first-order valence-corrected chi connectivity index (χ1v) is 28.1. The fraction of sp³-hybridized carbons (Fsp3) is 0.885. The van der Waals surface area contributed by atoms with Crippen LogP contribution in [-0.2, 0) is 32.7 Å². The summed E-state index contributed by atoms with van der Waals surface area (Å²) in [7, 11) is -5.13. The van der Waals surface area contributed by atoms with Crippen LogP contribution in [0.4, 0.5) is 0 Å². The van der Waals surface area contributed by atoms with Gasteiger partial charge in [-0.05, 0) is 44.9 Å². The maximum Gasteiger partial charge on any atom is 0.472 e. The van der Waals surface area contributed by atoms with Crippen molar-refractivity contribution < 1.29 is 63.1 Å². The number of allylic oxidation sites excluding steroid dienone is 4. The van der Waals surface area contributed by atoms with E-state index in [1.165, 1.54) is 148 Å². The van der Waals surface area contributed by atoms with Gasteiger partial charge in [0, 0.05) is 12.8 Å². The zero-order chi connectivity index (χ0) is 48.5. The minimum Gasteiger partial charge on any atom is -0.462 e. The number of rotatable bonds is 45. The summed E-state index contributed by atoms with van der Waals surface area (Å²) in [6.45, 7) is 3.30. The molecule has 66 heavy (non-hydrogen) atoms. The summed E-state index contributed by atoms with van der Waals surface area (Å²) in [6, 6.07) is 0. The fourth-order valence-corrected chi connectivity index (χ4v) is 9.22. The Bertz CT molecular complexity index is 1250. The first-order chi connectivity index (χ1) is 31.9. The predicted octanol–water partition coefficient (Wildman–Crippen LogP) is 11.6. The number of unbranched alkanes of at least 4 members (excludes halogenated alkanes) is 29. The van der Waals surface area contributed by atoms with Gasteiger partial charge >= 0.3 is 19.8 Å². The average Bonchev–Trinajstić information content (AvgIpc) is 3.30. The smallest absolute Gasteiger partial charge is 0.462 e. The van der Waals surface area contributed by atoms with Crippen molar-refractivity contribution in [1.29, 1.82) is 0 Å². The molecule has 0 spiro atoms. The van der Waals surface area contributed by atoms with Gasteiger partial charge in [0.15, 0.2) is 6.10 Å². The van der Waals surface area contributed by atoms with Crippen molar-refractivity contribution in [3.05, 3.63) is 24.3 Å². The molecule has 1 aliphatic rings. The third-order valence-corrected chi connectivity index (χ3v) is 13.5. The van der Waals surface area contributed by atoms with Gasteiger partial charge in [-0.15, -0.1) is 0 Å². The van der Waals surface area contributed by atoms with Crippen LogP contribution in [0.2, 0.25) is 0 Å². The highest BCUT2D eigenvalue weighted by Gasteiger charge is 2.51. The minimum absolute atomic E-state index is 0.0932. The van der Waals surface area contributed by atoms with Gasteiger partial charge in [0.1, 0.15) is 43.2 Å². The zero-order valence-electron chi connectivity index (χ0n) is 41.5. The predicted molar refractivity (Wildman–Crippen MR) is 263 cm³/mol. The summed E-state index contributed by atoms with van der Waals surface area (Å²) < 4.78 is 33.6. The molecule has 6 unspecified atom stereocenters. The van der Waals surface area contributed by atoms with Crippen LogP contribution in [0.1, 0.15) is 239 Å². The number of phosphoric ester groups is 1. The molecular formula is C52H97O13P. The summed E-state index contributed by atoms with van der Waals surface area (Å²) in [6.07, 6.45) is 35.3. The second-order valence-corrected chi connectivity index (χ2v) is 20.1. The summed E-state index contributed by atoms with van der Waals surface area (Å²) in [5.74, 6) is -1.14. The van der Waals surface area contributed by atoms with Crippen LogP contribution in [0.5, 0.6) is 0 Å². The summed E-state index contributed by atoms with van der Waals surface area (Å²) >= 11 is 0. The van der Waals surface area contributed by atoms with Crippen LogP contribution in [-0.4, -0.2) is 98.3 Å². The third-order valence-electron chi connectivity index (χ3n) is 12.5. The molecule has 0 saturated heterocycles. The van der Waals surface area contributed by atoms with E-state index in [0.717, 1.165) is 44.9 Å². The SMILES string of the molecule is CCCCCCCCCCCCCCCC/C=C/CC/C=C/CCCC(=O)OC[C@@H](COP(=O)(O)OC1C(O)C(O)C(O)[C@H](O)C1O)OC(=O)CCCCCCCCCCCCCCCC. The molecule has 1 rings (SSSR count). The Kier molecular flexibility index (Phi) is 39.9. The molecule has 0 radical (unpaired) electrons. The molecule has 0 aromatic carbocycles. The molecule has 1 aliphatic carbocycles. The lowest BCUT2D eigenvalue weighted by molar-refractivity contribution is -0.220. The van der Waals surface area contributed by atoms with Crippen molar-refractivity contribution >= 4 is 19.8 Å². The molecule has 0 aliphatic heterocycles. The molecule has 0 amide bonds. The maximum atomic E-state index is 12.8. The molecule has 0 aromatic heterocycles. The van der Waals surface area contributed by atoms with E-state index in [1.54, 1.807) is 0 Å². The first kappa shape index (κ1) is 62.3. The molecule has 14 heteroatoms. The van der Waals surface area contributed by atoms with Crippen molar-refractivity contribution in [2.75, 3.05) is 13.2 Å². The molecule has 6 N–H and O–H groups in total. The second kappa shape index (κ2) is 42.2. The van der Waals surface area contributed by atoms with E-state index in [0.29, 0.717) is 19.3 Å². The van der Waals surface area contributed by atoms with E-state index >= 15 is 0 Å². The molecule has 8 atom stereocenters. The Morgan fingerprint density at radius 3 is 1.24 bits per heavy atom. The Hall–Kier alpha value is -1.67. The number of hydrogen-bond acceptors (Lipinski definition) is 12. The molecule has 1 saturated carbocycles. The topological polar surface area (TPSA) is 210 Å². The molecule has 0 heterocycles. The molecule has 1 fully saturated rings. The number of aliphatic hydroxyl groups excluding tert-OH is 5. The number of hydrogen-bond donors (Lipinski definition) is 6. The normalized spacial score (nSPS) is 21.4. The van der Waals surface area contributed by atoms with E-state index in [1.807, 2.05) is 6.08 Å². The molecule has 13 nitrogen and oxygen atoms in total. The number of carbonyl (C=O) groups is 2.